The average molecular weight is 358 g/mol. The minimum Gasteiger partial charge on any atom is -0.365 e. The molecule has 0 fully saturated rings. The molecule has 1 aliphatic heterocycles. The smallest absolute Gasteiger partial charge is 0.255 e. The van der Waals surface area contributed by atoms with Crippen molar-refractivity contribution in [1.29, 1.82) is 0 Å². The van der Waals surface area contributed by atoms with Crippen molar-refractivity contribution < 1.29 is 14.3 Å². The van der Waals surface area contributed by atoms with Gasteiger partial charge in [0.1, 0.15) is 5.82 Å². The number of halogens is 1. The zero-order valence-electron chi connectivity index (χ0n) is 13.9. The summed E-state index contributed by atoms with van der Waals surface area (Å²) in [6.45, 7) is 1.76. The molecule has 0 radical (unpaired) electrons. The van der Waals surface area contributed by atoms with Crippen LogP contribution >= 0.6 is 11.8 Å². The van der Waals surface area contributed by atoms with Gasteiger partial charge in [0.05, 0.1) is 5.75 Å². The van der Waals surface area contributed by atoms with Gasteiger partial charge in [0.25, 0.3) is 5.91 Å². The number of hydrogen-bond donors (Lipinski definition) is 1. The van der Waals surface area contributed by atoms with Crippen LogP contribution in [0.25, 0.3) is 0 Å². The molecule has 25 heavy (non-hydrogen) atoms. The Morgan fingerprint density at radius 3 is 2.60 bits per heavy atom. The summed E-state index contributed by atoms with van der Waals surface area (Å²) in [4.78, 5) is 12.6. The Hall–Kier alpha value is -2.18. The third-order valence-corrected chi connectivity index (χ3v) is 4.99. The van der Waals surface area contributed by atoms with Crippen LogP contribution in [0.15, 0.2) is 59.7 Å². The normalized spacial score (nSPS) is 19.8. The molecule has 1 amide bonds. The van der Waals surface area contributed by atoms with Crippen LogP contribution in [0.1, 0.15) is 24.5 Å². The van der Waals surface area contributed by atoms with E-state index in [9.17, 15) is 14.3 Å². The molecule has 0 spiro atoms. The third kappa shape index (κ3) is 3.91. The average Bonchev–Trinajstić information content (AvgIpc) is 2.92. The molecular formula is C19H19FN2O2S. The largest absolute Gasteiger partial charge is 0.365 e. The van der Waals surface area contributed by atoms with Crippen LogP contribution in [0.4, 0.5) is 4.39 Å². The first kappa shape index (κ1) is 17.6. The van der Waals surface area contributed by atoms with E-state index in [-0.39, 0.29) is 23.9 Å². The maximum Gasteiger partial charge on any atom is 0.255 e. The molecule has 130 valence electrons. The fraction of sp³-hybridized carbons (Fsp3) is 0.263. The van der Waals surface area contributed by atoms with E-state index in [0.29, 0.717) is 17.0 Å². The van der Waals surface area contributed by atoms with Gasteiger partial charge in [-0.15, -0.1) is 11.8 Å². The summed E-state index contributed by atoms with van der Waals surface area (Å²) in [5, 5.41) is 16.4. The van der Waals surface area contributed by atoms with E-state index in [4.69, 9.17) is 0 Å². The highest BCUT2D eigenvalue weighted by atomic mass is 32.2. The van der Waals surface area contributed by atoms with Gasteiger partial charge in [-0.05, 0) is 24.6 Å². The highest BCUT2D eigenvalue weighted by Gasteiger charge is 2.44. The van der Waals surface area contributed by atoms with E-state index in [1.807, 2.05) is 30.3 Å². The molecule has 6 heteroatoms. The quantitative estimate of drug-likeness (QED) is 0.890. The van der Waals surface area contributed by atoms with Gasteiger partial charge in [-0.25, -0.2) is 4.39 Å². The molecule has 1 atom stereocenters. The third-order valence-electron chi connectivity index (χ3n) is 4.00. The van der Waals surface area contributed by atoms with Gasteiger partial charge in [-0.3, -0.25) is 4.79 Å². The molecule has 0 aliphatic carbocycles. The van der Waals surface area contributed by atoms with E-state index in [2.05, 4.69) is 5.10 Å². The van der Waals surface area contributed by atoms with Gasteiger partial charge in [0.15, 0.2) is 5.72 Å². The summed E-state index contributed by atoms with van der Waals surface area (Å²) in [7, 11) is 0. The van der Waals surface area contributed by atoms with Crippen LogP contribution in [0.3, 0.4) is 0 Å². The Morgan fingerprint density at radius 2 is 1.92 bits per heavy atom. The van der Waals surface area contributed by atoms with Crippen LogP contribution in [0, 0.1) is 5.82 Å². The summed E-state index contributed by atoms with van der Waals surface area (Å²) in [6, 6.07) is 15.4. The molecule has 0 aromatic heterocycles. The molecule has 4 nitrogen and oxygen atoms in total. The first-order chi connectivity index (χ1) is 12.0. The van der Waals surface area contributed by atoms with E-state index in [1.54, 1.807) is 6.92 Å². The topological polar surface area (TPSA) is 52.9 Å². The number of hydrogen-bond acceptors (Lipinski definition) is 4. The number of rotatable bonds is 5. The highest BCUT2D eigenvalue weighted by Crippen LogP contribution is 2.35. The van der Waals surface area contributed by atoms with E-state index in [1.165, 1.54) is 36.0 Å². The molecule has 0 unspecified atom stereocenters. The van der Waals surface area contributed by atoms with Crippen molar-refractivity contribution in [3.63, 3.8) is 0 Å². The molecule has 0 saturated heterocycles. The van der Waals surface area contributed by atoms with E-state index in [0.717, 1.165) is 10.6 Å². The van der Waals surface area contributed by atoms with Crippen molar-refractivity contribution in [1.82, 2.24) is 5.01 Å². The zero-order chi connectivity index (χ0) is 17.9. The fourth-order valence-corrected chi connectivity index (χ4v) is 3.64. The highest BCUT2D eigenvalue weighted by molar-refractivity contribution is 7.99. The predicted octanol–water partition coefficient (Wildman–Crippen LogP) is 3.51. The van der Waals surface area contributed by atoms with Gasteiger partial charge in [-0.1, -0.05) is 42.5 Å². The first-order valence-corrected chi connectivity index (χ1v) is 9.12. The van der Waals surface area contributed by atoms with Crippen molar-refractivity contribution >= 4 is 23.4 Å². The maximum absolute atomic E-state index is 13.2. The van der Waals surface area contributed by atoms with Crippen LogP contribution in [-0.4, -0.2) is 27.5 Å². The lowest BCUT2D eigenvalue weighted by atomic mass is 9.97. The summed E-state index contributed by atoms with van der Waals surface area (Å²) < 4.78 is 13.2. The zero-order valence-corrected chi connectivity index (χ0v) is 14.7. The van der Waals surface area contributed by atoms with Gasteiger partial charge in [0, 0.05) is 23.4 Å². The maximum atomic E-state index is 13.2. The van der Waals surface area contributed by atoms with Gasteiger partial charge in [0.2, 0.25) is 0 Å². The van der Waals surface area contributed by atoms with Gasteiger partial charge in [-0.2, -0.15) is 10.1 Å². The SMILES string of the molecule is CC1=NN(C(=O)CSCc2ccccc2)[C@@](O)(c2ccc(F)cc2)C1. The van der Waals surface area contributed by atoms with Crippen LogP contribution in [-0.2, 0) is 16.3 Å². The molecule has 3 rings (SSSR count). The second-order valence-corrected chi connectivity index (χ2v) is 7.01. The lowest BCUT2D eigenvalue weighted by Gasteiger charge is -2.31. The standard InChI is InChI=1S/C19H19FN2O2S/c1-14-11-19(24,16-7-9-17(20)10-8-16)22(21-14)18(23)13-25-12-15-5-3-2-4-6-15/h2-10,24H,11-13H2,1H3/t19-/m0/s1. The number of amides is 1. The molecule has 1 heterocycles. The monoisotopic (exact) mass is 358 g/mol. The van der Waals surface area contributed by atoms with Gasteiger partial charge < -0.3 is 5.11 Å². The molecule has 0 bridgehead atoms. The minimum absolute atomic E-state index is 0.204. The number of carbonyl (C=O) groups excluding carboxylic acids is 1. The Bertz CT molecular complexity index is 780. The molecule has 2 aromatic carbocycles. The van der Waals surface area contributed by atoms with Crippen molar-refractivity contribution in [2.45, 2.75) is 24.8 Å². The number of aliphatic hydroxyl groups is 1. The Morgan fingerprint density at radius 1 is 1.24 bits per heavy atom. The summed E-state index contributed by atoms with van der Waals surface area (Å²) >= 11 is 1.47. The van der Waals surface area contributed by atoms with Crippen molar-refractivity contribution in [2.24, 2.45) is 5.10 Å². The second kappa shape index (κ2) is 7.37. The molecule has 2 aromatic rings. The first-order valence-electron chi connectivity index (χ1n) is 7.96. The summed E-state index contributed by atoms with van der Waals surface area (Å²) in [6.07, 6.45) is 0.216. The van der Waals surface area contributed by atoms with E-state index < -0.39 is 5.72 Å². The minimum atomic E-state index is -1.55. The number of thioether (sulfide) groups is 1. The summed E-state index contributed by atoms with van der Waals surface area (Å²) in [5.41, 5.74) is 0.696. The Labute approximate surface area is 150 Å². The number of carbonyl (C=O) groups is 1. The van der Waals surface area contributed by atoms with Crippen LogP contribution in [0.2, 0.25) is 0 Å². The Kier molecular flexibility index (Phi) is 5.20. The van der Waals surface area contributed by atoms with Crippen LogP contribution in [0.5, 0.6) is 0 Å². The number of benzene rings is 2. The lowest BCUT2D eigenvalue weighted by Crippen LogP contribution is -2.44. The lowest BCUT2D eigenvalue weighted by molar-refractivity contribution is -0.154. The van der Waals surface area contributed by atoms with Crippen LogP contribution < -0.4 is 0 Å². The Balaban J connectivity index is 1.69. The van der Waals surface area contributed by atoms with Crippen molar-refractivity contribution in [3.05, 3.63) is 71.5 Å². The second-order valence-electron chi connectivity index (χ2n) is 6.02. The summed E-state index contributed by atoms with van der Waals surface area (Å²) in [5.74, 6) is 0.247. The molecule has 0 saturated carbocycles. The van der Waals surface area contributed by atoms with Gasteiger partial charge >= 0.3 is 0 Å². The molecule has 1 N–H and O–H groups in total. The van der Waals surface area contributed by atoms with Crippen molar-refractivity contribution in [2.75, 3.05) is 5.75 Å². The predicted molar refractivity (Wildman–Crippen MR) is 97.5 cm³/mol. The van der Waals surface area contributed by atoms with Crippen molar-refractivity contribution in [3.8, 4) is 0 Å². The number of hydrazone groups is 1. The molecular weight excluding hydrogens is 339 g/mol. The fourth-order valence-electron chi connectivity index (χ4n) is 2.82. The number of nitrogens with zero attached hydrogens (tertiary/aromatic N) is 2. The molecule has 1 aliphatic rings. The van der Waals surface area contributed by atoms with E-state index >= 15 is 0 Å².